The third kappa shape index (κ3) is 8.41. The largest absolute Gasteiger partial charge is 0.460 e. The fourth-order valence-corrected chi connectivity index (χ4v) is 3.96. The van der Waals surface area contributed by atoms with Crippen LogP contribution in [0.4, 0.5) is 4.79 Å². The number of aliphatic hydroxyl groups is 1. The van der Waals surface area contributed by atoms with Crippen molar-refractivity contribution in [1.29, 1.82) is 0 Å². The van der Waals surface area contributed by atoms with Crippen LogP contribution in [0, 0.1) is 5.92 Å². The van der Waals surface area contributed by atoms with Gasteiger partial charge in [-0.3, -0.25) is 4.79 Å². The Morgan fingerprint density at radius 3 is 2.19 bits per heavy atom. The number of alkyl carbamates (subject to hydrolysis) is 1. The van der Waals surface area contributed by atoms with Gasteiger partial charge in [-0.25, -0.2) is 9.59 Å². The highest BCUT2D eigenvalue weighted by Crippen LogP contribution is 2.31. The minimum absolute atomic E-state index is 0.228. The number of esters is 1. The van der Waals surface area contributed by atoms with Gasteiger partial charge in [-0.05, 0) is 53.4 Å². The van der Waals surface area contributed by atoms with E-state index in [0.29, 0.717) is 12.8 Å². The molecule has 0 saturated heterocycles. The first-order valence-corrected chi connectivity index (χ1v) is 11.5. The number of nitrogens with two attached hydrogens (primary N) is 1. The summed E-state index contributed by atoms with van der Waals surface area (Å²) < 4.78 is 10.5. The standard InChI is InChI=1S/C23H42N2O6/c1-7-11-17(25-21(28)31-22(4,5)6)19(26)23(29,20(27)30-15(2)3)18(24)14-16-12-9-8-10-13-16/h15-18,29H,7-14,24H2,1-6H3,(H,25,28)/t17-,18?,23?/m0/s1. The maximum Gasteiger partial charge on any atom is 0.408 e. The molecule has 1 saturated carbocycles. The first-order chi connectivity index (χ1) is 14.3. The average Bonchev–Trinajstić information content (AvgIpc) is 2.65. The molecule has 180 valence electrons. The third-order valence-corrected chi connectivity index (χ3v) is 5.46. The van der Waals surface area contributed by atoms with Crippen LogP contribution >= 0.6 is 0 Å². The molecule has 1 aliphatic rings. The molecule has 0 spiro atoms. The number of ketones is 1. The molecular weight excluding hydrogens is 400 g/mol. The summed E-state index contributed by atoms with van der Waals surface area (Å²) in [6.07, 6.45) is 4.97. The van der Waals surface area contributed by atoms with Crippen LogP contribution in [0.15, 0.2) is 0 Å². The second kappa shape index (κ2) is 11.8. The number of ether oxygens (including phenoxy) is 2. The molecule has 0 radical (unpaired) electrons. The van der Waals surface area contributed by atoms with E-state index in [2.05, 4.69) is 5.32 Å². The van der Waals surface area contributed by atoms with E-state index in [4.69, 9.17) is 15.2 Å². The first-order valence-electron chi connectivity index (χ1n) is 11.5. The van der Waals surface area contributed by atoms with Crippen molar-refractivity contribution in [2.75, 3.05) is 0 Å². The van der Waals surface area contributed by atoms with Gasteiger partial charge in [-0.1, -0.05) is 45.4 Å². The Morgan fingerprint density at radius 2 is 1.71 bits per heavy atom. The number of hydrogen-bond donors (Lipinski definition) is 3. The predicted molar refractivity (Wildman–Crippen MR) is 118 cm³/mol. The normalized spacial score (nSPS) is 19.3. The summed E-state index contributed by atoms with van der Waals surface area (Å²) in [6, 6.07) is -2.25. The van der Waals surface area contributed by atoms with E-state index < -0.39 is 47.2 Å². The second-order valence-electron chi connectivity index (χ2n) is 9.92. The maximum atomic E-state index is 13.5. The number of hydrogen-bond acceptors (Lipinski definition) is 7. The van der Waals surface area contributed by atoms with Crippen LogP contribution in [0.5, 0.6) is 0 Å². The molecule has 3 atom stereocenters. The van der Waals surface area contributed by atoms with Gasteiger partial charge < -0.3 is 25.6 Å². The Hall–Kier alpha value is -1.67. The highest BCUT2D eigenvalue weighted by atomic mass is 16.6. The smallest absolute Gasteiger partial charge is 0.408 e. The molecule has 1 rings (SSSR count). The zero-order valence-electron chi connectivity index (χ0n) is 20.0. The molecule has 31 heavy (non-hydrogen) atoms. The number of amides is 1. The second-order valence-corrected chi connectivity index (χ2v) is 9.92. The van der Waals surface area contributed by atoms with Gasteiger partial charge >= 0.3 is 12.1 Å². The van der Waals surface area contributed by atoms with Crippen molar-refractivity contribution in [3.05, 3.63) is 0 Å². The van der Waals surface area contributed by atoms with Crippen LogP contribution in [0.1, 0.15) is 92.9 Å². The molecule has 0 aliphatic heterocycles. The molecule has 0 aromatic carbocycles. The summed E-state index contributed by atoms with van der Waals surface area (Å²) in [4.78, 5) is 38.7. The first kappa shape index (κ1) is 27.4. The van der Waals surface area contributed by atoms with Gasteiger partial charge in [-0.15, -0.1) is 0 Å². The molecule has 4 N–H and O–H groups in total. The number of Topliss-reactive ketones (excluding diaryl/α,β-unsaturated/α-hetero) is 1. The van der Waals surface area contributed by atoms with Crippen molar-refractivity contribution in [1.82, 2.24) is 5.32 Å². The number of rotatable bonds is 10. The molecule has 8 nitrogen and oxygen atoms in total. The molecule has 1 amide bonds. The molecule has 1 fully saturated rings. The molecule has 2 unspecified atom stereocenters. The van der Waals surface area contributed by atoms with Gasteiger partial charge in [0.15, 0.2) is 5.78 Å². The van der Waals surface area contributed by atoms with E-state index >= 15 is 0 Å². The SMILES string of the molecule is CCC[C@H](NC(=O)OC(C)(C)C)C(=O)C(O)(C(=O)OC(C)C)C(N)CC1CCCCC1. The van der Waals surface area contributed by atoms with E-state index in [9.17, 15) is 19.5 Å². The fraction of sp³-hybridized carbons (Fsp3) is 0.870. The van der Waals surface area contributed by atoms with Crippen LogP contribution in [0.25, 0.3) is 0 Å². The Balaban J connectivity index is 3.15. The van der Waals surface area contributed by atoms with Gasteiger partial charge in [0.25, 0.3) is 0 Å². The fourth-order valence-electron chi connectivity index (χ4n) is 3.96. The Kier molecular flexibility index (Phi) is 10.4. The summed E-state index contributed by atoms with van der Waals surface area (Å²) in [5.74, 6) is -1.68. The lowest BCUT2D eigenvalue weighted by Gasteiger charge is -2.36. The minimum Gasteiger partial charge on any atom is -0.460 e. The van der Waals surface area contributed by atoms with Crippen molar-refractivity contribution in [3.8, 4) is 0 Å². The van der Waals surface area contributed by atoms with Crippen molar-refractivity contribution in [2.45, 2.75) is 122 Å². The van der Waals surface area contributed by atoms with E-state index in [1.807, 2.05) is 6.92 Å². The topological polar surface area (TPSA) is 128 Å². The van der Waals surface area contributed by atoms with Crippen molar-refractivity contribution >= 4 is 17.8 Å². The highest BCUT2D eigenvalue weighted by Gasteiger charge is 2.53. The molecular formula is C23H42N2O6. The molecule has 0 aromatic heterocycles. The lowest BCUT2D eigenvalue weighted by molar-refractivity contribution is -0.177. The van der Waals surface area contributed by atoms with Crippen molar-refractivity contribution in [3.63, 3.8) is 0 Å². The molecule has 0 bridgehead atoms. The Labute approximate surface area is 186 Å². The maximum absolute atomic E-state index is 13.5. The average molecular weight is 443 g/mol. The van der Waals surface area contributed by atoms with E-state index in [0.717, 1.165) is 32.1 Å². The van der Waals surface area contributed by atoms with Gasteiger partial charge in [0.05, 0.1) is 18.2 Å². The molecule has 0 aromatic rings. The van der Waals surface area contributed by atoms with Gasteiger partial charge in [-0.2, -0.15) is 0 Å². The zero-order valence-corrected chi connectivity index (χ0v) is 20.0. The van der Waals surface area contributed by atoms with Gasteiger partial charge in [0, 0.05) is 0 Å². The highest BCUT2D eigenvalue weighted by molar-refractivity contribution is 6.10. The van der Waals surface area contributed by atoms with Gasteiger partial charge in [0.1, 0.15) is 5.60 Å². The number of nitrogens with one attached hydrogen (secondary N) is 1. The monoisotopic (exact) mass is 442 g/mol. The third-order valence-electron chi connectivity index (χ3n) is 5.46. The van der Waals surface area contributed by atoms with E-state index in [1.54, 1.807) is 34.6 Å². The lowest BCUT2D eigenvalue weighted by Crippen LogP contribution is -2.65. The van der Waals surface area contributed by atoms with Crippen LogP contribution in [0.2, 0.25) is 0 Å². The summed E-state index contributed by atoms with van der Waals surface area (Å²) in [7, 11) is 0. The number of carbonyl (C=O) groups excluding carboxylic acids is 3. The number of carbonyl (C=O) groups is 3. The lowest BCUT2D eigenvalue weighted by atomic mass is 9.77. The van der Waals surface area contributed by atoms with Crippen LogP contribution in [-0.4, -0.2) is 52.3 Å². The van der Waals surface area contributed by atoms with Crippen LogP contribution < -0.4 is 11.1 Å². The summed E-state index contributed by atoms with van der Waals surface area (Å²) >= 11 is 0. The zero-order chi connectivity index (χ0) is 23.8. The van der Waals surface area contributed by atoms with Crippen molar-refractivity contribution < 1.29 is 29.0 Å². The summed E-state index contributed by atoms with van der Waals surface area (Å²) in [5.41, 5.74) is 3.01. The molecule has 8 heteroatoms. The van der Waals surface area contributed by atoms with E-state index in [1.165, 1.54) is 0 Å². The molecule has 0 heterocycles. The quantitative estimate of drug-likeness (QED) is 0.350. The van der Waals surface area contributed by atoms with Gasteiger partial charge in [0.2, 0.25) is 5.60 Å². The van der Waals surface area contributed by atoms with Crippen LogP contribution in [0.3, 0.4) is 0 Å². The summed E-state index contributed by atoms with van der Waals surface area (Å²) in [5, 5.41) is 13.9. The summed E-state index contributed by atoms with van der Waals surface area (Å²) in [6.45, 7) is 10.2. The van der Waals surface area contributed by atoms with Crippen LogP contribution in [-0.2, 0) is 19.1 Å². The predicted octanol–water partition coefficient (Wildman–Crippen LogP) is 3.23. The Morgan fingerprint density at radius 1 is 1.13 bits per heavy atom. The minimum atomic E-state index is -2.55. The molecule has 1 aliphatic carbocycles. The van der Waals surface area contributed by atoms with Crippen molar-refractivity contribution in [2.24, 2.45) is 11.7 Å². The Bertz CT molecular complexity index is 610. The van der Waals surface area contributed by atoms with E-state index in [-0.39, 0.29) is 12.3 Å².